The lowest BCUT2D eigenvalue weighted by Gasteiger charge is -2.11. The maximum atomic E-state index is 11.7. The number of benzene rings is 1. The molecule has 0 unspecified atom stereocenters. The van der Waals surface area contributed by atoms with Crippen LogP contribution in [0.25, 0.3) is 0 Å². The third-order valence-electron chi connectivity index (χ3n) is 2.84. The van der Waals surface area contributed by atoms with Crippen molar-refractivity contribution in [3.63, 3.8) is 0 Å². The van der Waals surface area contributed by atoms with Crippen molar-refractivity contribution in [1.29, 1.82) is 0 Å². The highest BCUT2D eigenvalue weighted by Gasteiger charge is 2.14. The molecule has 20 heavy (non-hydrogen) atoms. The van der Waals surface area contributed by atoms with Crippen LogP contribution in [0.2, 0.25) is 0 Å². The summed E-state index contributed by atoms with van der Waals surface area (Å²) in [5.41, 5.74) is 0.894. The molecule has 0 aliphatic rings. The lowest BCUT2D eigenvalue weighted by Crippen LogP contribution is -2.16. The number of unbranched alkanes of at least 4 members (excludes halogenated alkanes) is 2. The van der Waals surface area contributed by atoms with Gasteiger partial charge in [-0.1, -0.05) is 6.07 Å². The van der Waals surface area contributed by atoms with Gasteiger partial charge in [0.1, 0.15) is 0 Å². The van der Waals surface area contributed by atoms with Gasteiger partial charge in [-0.3, -0.25) is 4.79 Å². The maximum Gasteiger partial charge on any atom is 0.238 e. The number of nitrogens with two attached hydrogens (primary N) is 1. The highest BCUT2D eigenvalue weighted by Crippen LogP contribution is 2.22. The number of amides is 1. The minimum atomic E-state index is -3.79. The van der Waals surface area contributed by atoms with Crippen molar-refractivity contribution in [2.75, 3.05) is 5.32 Å². The SMILES string of the molecule is C#CCCCCC(=O)Nc1cccc(S(N)(=O)=O)c1C. The Balaban J connectivity index is 2.74. The van der Waals surface area contributed by atoms with Crippen LogP contribution in [0.1, 0.15) is 31.2 Å². The zero-order chi connectivity index (χ0) is 15.2. The largest absolute Gasteiger partial charge is 0.326 e. The molecule has 0 saturated heterocycles. The third-order valence-corrected chi connectivity index (χ3v) is 3.89. The first-order valence-electron chi connectivity index (χ1n) is 6.22. The molecular weight excluding hydrogens is 276 g/mol. The minimum Gasteiger partial charge on any atom is -0.326 e. The molecule has 108 valence electrons. The number of hydrogen-bond donors (Lipinski definition) is 2. The first-order chi connectivity index (χ1) is 9.36. The van der Waals surface area contributed by atoms with E-state index in [0.717, 1.165) is 6.42 Å². The van der Waals surface area contributed by atoms with E-state index in [1.807, 2.05) is 0 Å². The van der Waals surface area contributed by atoms with Crippen molar-refractivity contribution in [3.05, 3.63) is 23.8 Å². The fourth-order valence-electron chi connectivity index (χ4n) is 1.78. The number of sulfonamides is 1. The maximum absolute atomic E-state index is 11.7. The second-order valence-corrected chi connectivity index (χ2v) is 5.96. The average Bonchev–Trinajstić information content (AvgIpc) is 2.36. The quantitative estimate of drug-likeness (QED) is 0.619. The Kier molecular flexibility index (Phi) is 5.74. The third kappa shape index (κ3) is 4.68. The molecule has 3 N–H and O–H groups in total. The van der Waals surface area contributed by atoms with E-state index < -0.39 is 10.0 Å². The van der Waals surface area contributed by atoms with E-state index in [0.29, 0.717) is 30.5 Å². The fourth-order valence-corrected chi connectivity index (χ4v) is 2.59. The van der Waals surface area contributed by atoms with Gasteiger partial charge in [0.25, 0.3) is 0 Å². The molecule has 0 aliphatic carbocycles. The fraction of sp³-hybridized carbons (Fsp3) is 0.357. The zero-order valence-electron chi connectivity index (χ0n) is 11.3. The van der Waals surface area contributed by atoms with Crippen LogP contribution in [0.5, 0.6) is 0 Å². The predicted octanol–water partition coefficient (Wildman–Crippen LogP) is 1.77. The number of carbonyl (C=O) groups excluding carboxylic acids is 1. The van der Waals surface area contributed by atoms with Gasteiger partial charge in [-0.15, -0.1) is 12.3 Å². The Morgan fingerprint density at radius 1 is 1.40 bits per heavy atom. The van der Waals surface area contributed by atoms with Crippen molar-refractivity contribution in [1.82, 2.24) is 0 Å². The van der Waals surface area contributed by atoms with Crippen LogP contribution in [0.15, 0.2) is 23.1 Å². The van der Waals surface area contributed by atoms with Gasteiger partial charge < -0.3 is 5.32 Å². The van der Waals surface area contributed by atoms with Crippen LogP contribution in [0, 0.1) is 19.3 Å². The average molecular weight is 294 g/mol. The van der Waals surface area contributed by atoms with Gasteiger partial charge >= 0.3 is 0 Å². The number of rotatable bonds is 6. The highest BCUT2D eigenvalue weighted by molar-refractivity contribution is 7.89. The first kappa shape index (κ1) is 16.2. The number of anilines is 1. The second-order valence-electron chi connectivity index (χ2n) is 4.43. The van der Waals surface area contributed by atoms with Gasteiger partial charge in [-0.2, -0.15) is 0 Å². The van der Waals surface area contributed by atoms with Crippen molar-refractivity contribution >= 4 is 21.6 Å². The summed E-state index contributed by atoms with van der Waals surface area (Å²) in [6.07, 6.45) is 7.61. The zero-order valence-corrected chi connectivity index (χ0v) is 12.2. The van der Waals surface area contributed by atoms with Gasteiger partial charge in [0, 0.05) is 18.5 Å². The smallest absolute Gasteiger partial charge is 0.238 e. The molecule has 1 aromatic carbocycles. The first-order valence-corrected chi connectivity index (χ1v) is 7.76. The van der Waals surface area contributed by atoms with E-state index in [1.54, 1.807) is 19.1 Å². The van der Waals surface area contributed by atoms with E-state index in [9.17, 15) is 13.2 Å². The second kappa shape index (κ2) is 7.08. The van der Waals surface area contributed by atoms with Crippen LogP contribution in [0.4, 0.5) is 5.69 Å². The molecule has 0 aromatic heterocycles. The molecule has 0 radical (unpaired) electrons. The Hall–Kier alpha value is -1.84. The van der Waals surface area contributed by atoms with Crippen LogP contribution in [-0.2, 0) is 14.8 Å². The van der Waals surface area contributed by atoms with E-state index >= 15 is 0 Å². The topological polar surface area (TPSA) is 89.3 Å². The van der Waals surface area contributed by atoms with Gasteiger partial charge in [-0.25, -0.2) is 13.6 Å². The van der Waals surface area contributed by atoms with Crippen LogP contribution in [0.3, 0.4) is 0 Å². The van der Waals surface area contributed by atoms with Crippen LogP contribution in [-0.4, -0.2) is 14.3 Å². The summed E-state index contributed by atoms with van der Waals surface area (Å²) in [5, 5.41) is 7.80. The van der Waals surface area contributed by atoms with Gasteiger partial charge in [0.2, 0.25) is 15.9 Å². The molecule has 0 heterocycles. The number of terminal acetylenes is 1. The Morgan fingerprint density at radius 2 is 2.10 bits per heavy atom. The molecule has 0 fully saturated rings. The number of primary sulfonamides is 1. The Morgan fingerprint density at radius 3 is 2.70 bits per heavy atom. The van der Waals surface area contributed by atoms with E-state index in [-0.39, 0.29) is 10.8 Å². The molecule has 5 nitrogen and oxygen atoms in total. The molecule has 0 spiro atoms. The standard InChI is InChI=1S/C14H18N2O3S/c1-3-4-5-6-10-14(17)16-12-8-7-9-13(11(12)2)20(15,18)19/h1,7-9H,4-6,10H2,2H3,(H,16,17)(H2,15,18,19). The number of carbonyl (C=O) groups is 1. The van der Waals surface area contributed by atoms with Crippen molar-refractivity contribution < 1.29 is 13.2 Å². The summed E-state index contributed by atoms with van der Waals surface area (Å²) < 4.78 is 22.8. The highest BCUT2D eigenvalue weighted by atomic mass is 32.2. The van der Waals surface area contributed by atoms with Crippen LogP contribution >= 0.6 is 0 Å². The monoisotopic (exact) mass is 294 g/mol. The van der Waals surface area contributed by atoms with Crippen molar-refractivity contribution in [2.24, 2.45) is 5.14 Å². The molecule has 0 bridgehead atoms. The normalized spacial score (nSPS) is 10.8. The summed E-state index contributed by atoms with van der Waals surface area (Å²) >= 11 is 0. The molecule has 6 heteroatoms. The molecule has 0 aliphatic heterocycles. The predicted molar refractivity (Wildman–Crippen MR) is 78.5 cm³/mol. The number of hydrogen-bond acceptors (Lipinski definition) is 3. The van der Waals surface area contributed by atoms with Crippen LogP contribution < -0.4 is 10.5 Å². The summed E-state index contributed by atoms with van der Waals surface area (Å²) in [6, 6.07) is 4.59. The summed E-state index contributed by atoms with van der Waals surface area (Å²) in [4.78, 5) is 11.8. The molecule has 1 rings (SSSR count). The van der Waals surface area contributed by atoms with E-state index in [2.05, 4.69) is 11.2 Å². The van der Waals surface area contributed by atoms with E-state index in [1.165, 1.54) is 6.07 Å². The molecule has 0 saturated carbocycles. The van der Waals surface area contributed by atoms with Gasteiger partial charge in [-0.05, 0) is 37.5 Å². The summed E-state index contributed by atoms with van der Waals surface area (Å²) in [5.74, 6) is 2.34. The van der Waals surface area contributed by atoms with Gasteiger partial charge in [0.15, 0.2) is 0 Å². The molecule has 1 amide bonds. The minimum absolute atomic E-state index is 0.0163. The molecule has 0 atom stereocenters. The van der Waals surface area contributed by atoms with Crippen molar-refractivity contribution in [2.45, 2.75) is 37.5 Å². The van der Waals surface area contributed by atoms with Crippen molar-refractivity contribution in [3.8, 4) is 12.3 Å². The summed E-state index contributed by atoms with van der Waals surface area (Å²) in [6.45, 7) is 1.60. The van der Waals surface area contributed by atoms with E-state index in [4.69, 9.17) is 11.6 Å². The summed E-state index contributed by atoms with van der Waals surface area (Å²) in [7, 11) is -3.79. The number of nitrogens with one attached hydrogen (secondary N) is 1. The lowest BCUT2D eigenvalue weighted by molar-refractivity contribution is -0.116. The molecule has 1 aromatic rings. The Bertz CT molecular complexity index is 630. The van der Waals surface area contributed by atoms with Gasteiger partial charge in [0.05, 0.1) is 4.90 Å². The Labute approximate surface area is 119 Å². The lowest BCUT2D eigenvalue weighted by atomic mass is 10.1. The molecular formula is C14H18N2O3S.